The van der Waals surface area contributed by atoms with Crippen molar-refractivity contribution in [2.75, 3.05) is 13.2 Å². The fraction of sp³-hybridized carbons (Fsp3) is 0.800. The molecular formula is C10H17BrO4. The average molecular weight is 281 g/mol. The standard InChI is InChI=1S/C10H17BrO4/c1-5-14-8(12)7(10(3,4)11)9(13)15-6-2/h7H,5-6H2,1-4H3. The van der Waals surface area contributed by atoms with E-state index in [1.54, 1.807) is 27.7 Å². The number of hydrogen-bond acceptors (Lipinski definition) is 4. The summed E-state index contributed by atoms with van der Waals surface area (Å²) in [6, 6.07) is 0. The second-order valence-electron chi connectivity index (χ2n) is 3.50. The van der Waals surface area contributed by atoms with Crippen LogP contribution < -0.4 is 0 Å². The molecule has 0 aromatic rings. The molecule has 0 aliphatic heterocycles. The van der Waals surface area contributed by atoms with E-state index in [4.69, 9.17) is 9.47 Å². The third-order valence-corrected chi connectivity index (χ3v) is 2.19. The highest BCUT2D eigenvalue weighted by atomic mass is 79.9. The summed E-state index contributed by atoms with van der Waals surface area (Å²) < 4.78 is 8.98. The molecule has 5 heteroatoms. The Bertz CT molecular complexity index is 214. The van der Waals surface area contributed by atoms with Crippen LogP contribution in [0.2, 0.25) is 0 Å². The number of hydrogen-bond donors (Lipinski definition) is 0. The smallest absolute Gasteiger partial charge is 0.321 e. The maximum atomic E-state index is 11.6. The molecule has 0 spiro atoms. The average Bonchev–Trinajstić information content (AvgIpc) is 2.01. The lowest BCUT2D eigenvalue weighted by Crippen LogP contribution is -2.40. The van der Waals surface area contributed by atoms with E-state index >= 15 is 0 Å². The summed E-state index contributed by atoms with van der Waals surface area (Å²) in [5.74, 6) is -2.05. The zero-order valence-corrected chi connectivity index (χ0v) is 11.1. The first-order valence-corrected chi connectivity index (χ1v) is 5.66. The number of rotatable bonds is 5. The Labute approximate surface area is 98.4 Å². The van der Waals surface area contributed by atoms with Crippen molar-refractivity contribution >= 4 is 27.9 Å². The minimum atomic E-state index is -0.933. The molecule has 0 aromatic carbocycles. The van der Waals surface area contributed by atoms with Gasteiger partial charge < -0.3 is 9.47 Å². The molecule has 0 radical (unpaired) electrons. The van der Waals surface area contributed by atoms with Gasteiger partial charge in [-0.3, -0.25) is 9.59 Å². The topological polar surface area (TPSA) is 52.6 Å². The molecule has 0 aliphatic carbocycles. The molecule has 0 saturated heterocycles. The van der Waals surface area contributed by atoms with E-state index in [2.05, 4.69) is 15.9 Å². The lowest BCUT2D eigenvalue weighted by molar-refractivity contribution is -0.162. The van der Waals surface area contributed by atoms with Crippen molar-refractivity contribution in [1.82, 2.24) is 0 Å². The normalized spacial score (nSPS) is 11.3. The van der Waals surface area contributed by atoms with Gasteiger partial charge in [-0.2, -0.15) is 0 Å². The SMILES string of the molecule is CCOC(=O)C(C(=O)OCC)C(C)(C)Br. The fourth-order valence-corrected chi connectivity index (χ4v) is 1.48. The van der Waals surface area contributed by atoms with Gasteiger partial charge in [0.2, 0.25) is 0 Å². The molecular weight excluding hydrogens is 264 g/mol. The quantitative estimate of drug-likeness (QED) is 0.439. The van der Waals surface area contributed by atoms with Gasteiger partial charge in [-0.05, 0) is 27.7 Å². The summed E-state index contributed by atoms with van der Waals surface area (Å²) >= 11 is 3.28. The van der Waals surface area contributed by atoms with Gasteiger partial charge >= 0.3 is 11.9 Å². The van der Waals surface area contributed by atoms with Gasteiger partial charge in [0, 0.05) is 4.32 Å². The van der Waals surface area contributed by atoms with E-state index in [1.807, 2.05) is 0 Å². The molecule has 0 saturated carbocycles. The van der Waals surface area contributed by atoms with Crippen LogP contribution in [0.4, 0.5) is 0 Å². The number of carbonyl (C=O) groups excluding carboxylic acids is 2. The summed E-state index contributed by atoms with van der Waals surface area (Å²) in [6.07, 6.45) is 0. The molecule has 0 N–H and O–H groups in total. The third-order valence-electron chi connectivity index (χ3n) is 1.73. The van der Waals surface area contributed by atoms with E-state index in [0.29, 0.717) is 0 Å². The monoisotopic (exact) mass is 280 g/mol. The van der Waals surface area contributed by atoms with Crippen LogP contribution >= 0.6 is 15.9 Å². The molecule has 0 bridgehead atoms. The molecule has 0 aliphatic rings. The zero-order chi connectivity index (χ0) is 12.1. The molecule has 0 unspecified atom stereocenters. The van der Waals surface area contributed by atoms with Crippen LogP contribution in [-0.4, -0.2) is 29.5 Å². The minimum Gasteiger partial charge on any atom is -0.465 e. The first-order chi connectivity index (χ1) is 6.84. The number of ether oxygens (including phenoxy) is 2. The van der Waals surface area contributed by atoms with Crippen LogP contribution in [0.1, 0.15) is 27.7 Å². The Hall–Kier alpha value is -0.580. The summed E-state index contributed by atoms with van der Waals surface area (Å²) in [7, 11) is 0. The first-order valence-electron chi connectivity index (χ1n) is 4.86. The van der Waals surface area contributed by atoms with E-state index in [9.17, 15) is 9.59 Å². The Morgan fingerprint density at radius 1 is 1.13 bits per heavy atom. The lowest BCUT2D eigenvalue weighted by Gasteiger charge is -2.24. The highest BCUT2D eigenvalue weighted by Crippen LogP contribution is 2.29. The summed E-state index contributed by atoms with van der Waals surface area (Å²) in [6.45, 7) is 7.34. The van der Waals surface area contributed by atoms with Crippen LogP contribution in [0.5, 0.6) is 0 Å². The van der Waals surface area contributed by atoms with Crippen molar-refractivity contribution in [2.45, 2.75) is 32.0 Å². The molecule has 88 valence electrons. The minimum absolute atomic E-state index is 0.248. The predicted octanol–water partition coefficient (Wildman–Crippen LogP) is 1.90. The van der Waals surface area contributed by atoms with E-state index in [1.165, 1.54) is 0 Å². The van der Waals surface area contributed by atoms with Crippen LogP contribution in [-0.2, 0) is 19.1 Å². The number of alkyl halides is 1. The molecule has 0 rings (SSSR count). The Balaban J connectivity index is 4.74. The third kappa shape index (κ3) is 4.64. The van der Waals surface area contributed by atoms with Crippen molar-refractivity contribution in [3.05, 3.63) is 0 Å². The van der Waals surface area contributed by atoms with Crippen molar-refractivity contribution in [1.29, 1.82) is 0 Å². The van der Waals surface area contributed by atoms with Gasteiger partial charge in [-0.25, -0.2) is 0 Å². The lowest BCUT2D eigenvalue weighted by atomic mass is 9.96. The Morgan fingerprint density at radius 3 is 1.67 bits per heavy atom. The van der Waals surface area contributed by atoms with Crippen molar-refractivity contribution < 1.29 is 19.1 Å². The van der Waals surface area contributed by atoms with Gasteiger partial charge in [-0.1, -0.05) is 15.9 Å². The summed E-state index contributed by atoms with van der Waals surface area (Å²) in [5.41, 5.74) is 0. The molecule has 0 fully saturated rings. The second kappa shape index (κ2) is 6.10. The van der Waals surface area contributed by atoms with Gasteiger partial charge in [0.25, 0.3) is 0 Å². The number of carbonyl (C=O) groups is 2. The van der Waals surface area contributed by atoms with Gasteiger partial charge in [-0.15, -0.1) is 0 Å². The van der Waals surface area contributed by atoms with Crippen molar-refractivity contribution in [3.8, 4) is 0 Å². The van der Waals surface area contributed by atoms with Crippen LogP contribution in [0.3, 0.4) is 0 Å². The van der Waals surface area contributed by atoms with Crippen LogP contribution in [0.25, 0.3) is 0 Å². The fourth-order valence-electron chi connectivity index (χ4n) is 1.11. The van der Waals surface area contributed by atoms with E-state index < -0.39 is 22.2 Å². The molecule has 0 heterocycles. The predicted molar refractivity (Wildman–Crippen MR) is 59.8 cm³/mol. The van der Waals surface area contributed by atoms with Gasteiger partial charge in [0.05, 0.1) is 13.2 Å². The second-order valence-corrected chi connectivity index (χ2v) is 5.55. The molecule has 0 amide bonds. The van der Waals surface area contributed by atoms with Crippen molar-refractivity contribution in [2.24, 2.45) is 5.92 Å². The van der Waals surface area contributed by atoms with Gasteiger partial charge in [0.1, 0.15) is 0 Å². The molecule has 0 atom stereocenters. The molecule has 4 nitrogen and oxygen atoms in total. The first kappa shape index (κ1) is 14.4. The highest BCUT2D eigenvalue weighted by molar-refractivity contribution is 9.10. The van der Waals surface area contributed by atoms with E-state index in [0.717, 1.165) is 0 Å². The summed E-state index contributed by atoms with van der Waals surface area (Å²) in [4.78, 5) is 23.1. The van der Waals surface area contributed by atoms with Crippen LogP contribution in [0.15, 0.2) is 0 Å². The number of esters is 2. The maximum absolute atomic E-state index is 11.6. The Kier molecular flexibility index (Phi) is 5.87. The largest absolute Gasteiger partial charge is 0.465 e. The molecule has 15 heavy (non-hydrogen) atoms. The van der Waals surface area contributed by atoms with Crippen molar-refractivity contribution in [3.63, 3.8) is 0 Å². The van der Waals surface area contributed by atoms with Crippen LogP contribution in [0, 0.1) is 5.92 Å². The number of halogens is 1. The Morgan fingerprint density at radius 2 is 1.47 bits per heavy atom. The summed E-state index contributed by atoms with van der Waals surface area (Å²) in [5, 5.41) is 0. The highest BCUT2D eigenvalue weighted by Gasteiger charge is 2.41. The van der Waals surface area contributed by atoms with E-state index in [-0.39, 0.29) is 13.2 Å². The molecule has 0 aromatic heterocycles. The van der Waals surface area contributed by atoms with Gasteiger partial charge in [0.15, 0.2) is 5.92 Å². The zero-order valence-electron chi connectivity index (χ0n) is 9.50. The maximum Gasteiger partial charge on any atom is 0.321 e.